The van der Waals surface area contributed by atoms with Crippen molar-refractivity contribution >= 4 is 47.8 Å². The predicted molar refractivity (Wildman–Crippen MR) is 234 cm³/mol. The lowest BCUT2D eigenvalue weighted by atomic mass is 9.92. The number of hydrogen-bond donors (Lipinski definition) is 0. The van der Waals surface area contributed by atoms with Crippen molar-refractivity contribution in [3.05, 3.63) is 72.9 Å². The van der Waals surface area contributed by atoms with Gasteiger partial charge >= 0.3 is 47.8 Å². The molecule has 0 unspecified atom stereocenters. The summed E-state index contributed by atoms with van der Waals surface area (Å²) in [6.07, 6.45) is 12.1. The summed E-state index contributed by atoms with van der Waals surface area (Å²) < 4.78 is 45.4. The molecule has 16 heteroatoms. The Kier molecular flexibility index (Phi) is 26.6. The zero-order valence-electron chi connectivity index (χ0n) is 39.1. The van der Waals surface area contributed by atoms with Gasteiger partial charge in [0.1, 0.15) is 48.8 Å². The van der Waals surface area contributed by atoms with Crippen molar-refractivity contribution in [2.24, 2.45) is 17.8 Å². The van der Waals surface area contributed by atoms with E-state index in [4.69, 9.17) is 37.9 Å². The number of rotatable bonds is 8. The van der Waals surface area contributed by atoms with E-state index in [9.17, 15) is 38.4 Å². The summed E-state index contributed by atoms with van der Waals surface area (Å²) in [5.41, 5.74) is 0. The van der Waals surface area contributed by atoms with Crippen molar-refractivity contribution in [3.63, 3.8) is 0 Å². The standard InChI is InChI=1S/C48H68O16/c1-30(2)48-32(4)22-23-40(57-33(5)49)24-41(58-34(6)50)25-42(59-35(7)51)26-43(60-36(8)52)27-44(61-37(9)53)28-45(62-38(10)54)29-46(63-39(11)55)31(3)20-18-16-14-12-13-15-17-19-21-47(56)64-48/h12-23,30-32,40-46,48H,24-29H2,1-11H3/b13-12+,16-14+,17-15+,20-18+,21-19+,23-22+/t31-,32-,40-,41-,42+,43-,44+,45+,46+,48-/m0/s1. The van der Waals surface area contributed by atoms with Gasteiger partial charge in [0.25, 0.3) is 0 Å². The summed E-state index contributed by atoms with van der Waals surface area (Å²) >= 11 is 0. The maximum absolute atomic E-state index is 12.8. The molecule has 0 aromatic heterocycles. The largest absolute Gasteiger partial charge is 0.462 e. The molecule has 0 aromatic rings. The molecule has 1 aliphatic rings. The Bertz CT molecular complexity index is 1740. The summed E-state index contributed by atoms with van der Waals surface area (Å²) in [5, 5.41) is 0. The lowest BCUT2D eigenvalue weighted by Crippen LogP contribution is -2.37. The fourth-order valence-corrected chi connectivity index (χ4v) is 7.10. The van der Waals surface area contributed by atoms with E-state index >= 15 is 0 Å². The SMILES string of the molecule is CC(=O)O[C@@H]1C[C@@H](OC(C)=O)C[C@@H](OC(C)=O)C[C@@H](OC(C)=O)[C@@H](C)/C=C/C=C/C=C/C=C/C=C/C(=O)O[C@@H](C(C)C)[C@@H](C)/C=C/[C@H](OC(C)=O)C[C@H](OC(C)=O)C[C@@H](OC(C)=O)C1. The molecule has 1 aliphatic heterocycles. The molecule has 1 rings (SSSR count). The first-order chi connectivity index (χ1) is 30.0. The fourth-order valence-electron chi connectivity index (χ4n) is 7.10. The normalized spacial score (nSPS) is 30.0. The Hall–Kier alpha value is -5.80. The Morgan fingerprint density at radius 3 is 1.20 bits per heavy atom. The quantitative estimate of drug-likeness (QED) is 0.136. The van der Waals surface area contributed by atoms with Gasteiger partial charge in [-0.15, -0.1) is 0 Å². The molecule has 0 radical (unpaired) electrons. The van der Waals surface area contributed by atoms with Crippen LogP contribution in [0, 0.1) is 17.8 Å². The Morgan fingerprint density at radius 2 is 0.812 bits per heavy atom. The minimum Gasteiger partial charge on any atom is -0.462 e. The van der Waals surface area contributed by atoms with Gasteiger partial charge in [-0.05, 0) is 12.0 Å². The van der Waals surface area contributed by atoms with Crippen LogP contribution in [0.25, 0.3) is 0 Å². The average Bonchev–Trinajstić information content (AvgIpc) is 3.13. The van der Waals surface area contributed by atoms with Crippen LogP contribution >= 0.6 is 0 Å². The lowest BCUT2D eigenvalue weighted by Gasteiger charge is -2.31. The Balaban J connectivity index is 3.90. The van der Waals surface area contributed by atoms with Crippen LogP contribution in [0.5, 0.6) is 0 Å². The molecule has 0 amide bonds. The summed E-state index contributed by atoms with van der Waals surface area (Å²) in [4.78, 5) is 99.6. The average molecular weight is 901 g/mol. The van der Waals surface area contributed by atoms with Crippen molar-refractivity contribution in [1.29, 1.82) is 0 Å². The molecule has 16 nitrogen and oxygen atoms in total. The number of ether oxygens (including phenoxy) is 8. The van der Waals surface area contributed by atoms with Gasteiger partial charge in [0, 0.05) is 105 Å². The molecule has 0 aromatic carbocycles. The molecular weight excluding hydrogens is 833 g/mol. The van der Waals surface area contributed by atoms with Crippen LogP contribution in [0.2, 0.25) is 0 Å². The molecule has 0 saturated heterocycles. The highest BCUT2D eigenvalue weighted by molar-refractivity contribution is 5.82. The van der Waals surface area contributed by atoms with Gasteiger partial charge in [0.2, 0.25) is 0 Å². The first-order valence-corrected chi connectivity index (χ1v) is 21.5. The topological polar surface area (TPSA) is 210 Å². The molecule has 0 saturated carbocycles. The highest BCUT2D eigenvalue weighted by Gasteiger charge is 2.34. The molecule has 356 valence electrons. The van der Waals surface area contributed by atoms with E-state index < -0.39 is 96.6 Å². The number of allylic oxidation sites excluding steroid dienone is 8. The van der Waals surface area contributed by atoms with E-state index in [1.165, 1.54) is 54.5 Å². The van der Waals surface area contributed by atoms with Gasteiger partial charge in [0.05, 0.1) is 0 Å². The smallest absolute Gasteiger partial charge is 0.331 e. The zero-order valence-corrected chi connectivity index (χ0v) is 39.1. The third-order valence-corrected chi connectivity index (χ3v) is 9.46. The first-order valence-electron chi connectivity index (χ1n) is 21.5. The van der Waals surface area contributed by atoms with Crippen molar-refractivity contribution in [1.82, 2.24) is 0 Å². The van der Waals surface area contributed by atoms with Gasteiger partial charge < -0.3 is 37.9 Å². The summed E-state index contributed by atoms with van der Waals surface area (Å²) in [5.74, 6) is -6.03. The minimum absolute atomic E-state index is 0.00508. The van der Waals surface area contributed by atoms with Gasteiger partial charge in [-0.1, -0.05) is 88.5 Å². The second-order valence-corrected chi connectivity index (χ2v) is 16.0. The van der Waals surface area contributed by atoms with Crippen molar-refractivity contribution in [2.75, 3.05) is 0 Å². The van der Waals surface area contributed by atoms with Gasteiger partial charge in [-0.3, -0.25) is 33.6 Å². The molecule has 0 N–H and O–H groups in total. The van der Waals surface area contributed by atoms with E-state index in [0.29, 0.717) is 0 Å². The molecule has 10 atom stereocenters. The van der Waals surface area contributed by atoms with Crippen LogP contribution in [0.15, 0.2) is 72.9 Å². The maximum atomic E-state index is 12.8. The van der Waals surface area contributed by atoms with Crippen molar-refractivity contribution in [3.8, 4) is 0 Å². The Morgan fingerprint density at radius 1 is 0.453 bits per heavy atom. The highest BCUT2D eigenvalue weighted by atomic mass is 16.6. The number of carbonyl (C=O) groups excluding carboxylic acids is 8. The van der Waals surface area contributed by atoms with E-state index in [0.717, 1.165) is 0 Å². The van der Waals surface area contributed by atoms with Gasteiger partial charge in [0.15, 0.2) is 0 Å². The second kappa shape index (κ2) is 30.3. The van der Waals surface area contributed by atoms with E-state index in [2.05, 4.69) is 0 Å². The van der Waals surface area contributed by atoms with Crippen LogP contribution in [-0.2, 0) is 76.3 Å². The number of esters is 8. The van der Waals surface area contributed by atoms with E-state index in [1.54, 1.807) is 66.8 Å². The summed E-state index contributed by atoms with van der Waals surface area (Å²) in [7, 11) is 0. The van der Waals surface area contributed by atoms with E-state index in [-0.39, 0.29) is 56.3 Å². The van der Waals surface area contributed by atoms with Crippen LogP contribution in [-0.4, -0.2) is 96.6 Å². The summed E-state index contributed by atoms with van der Waals surface area (Å²) in [6.45, 7) is 15.9. The molecule has 1 heterocycles. The van der Waals surface area contributed by atoms with E-state index in [1.807, 2.05) is 27.7 Å². The molecule has 64 heavy (non-hydrogen) atoms. The fraction of sp³-hybridized carbons (Fsp3) is 0.583. The Labute approximate surface area is 377 Å². The molecule has 0 bridgehead atoms. The lowest BCUT2D eigenvalue weighted by molar-refractivity contribution is -0.160. The van der Waals surface area contributed by atoms with Crippen molar-refractivity contribution in [2.45, 2.75) is 164 Å². The van der Waals surface area contributed by atoms with Gasteiger partial charge in [-0.25, -0.2) is 4.79 Å². The molecule has 0 spiro atoms. The molecule has 0 aliphatic carbocycles. The molecular formula is C48H68O16. The predicted octanol–water partition coefficient (Wildman–Crippen LogP) is 7.04. The highest BCUT2D eigenvalue weighted by Crippen LogP contribution is 2.27. The zero-order chi connectivity index (χ0) is 48.4. The minimum atomic E-state index is -1.07. The number of carbonyl (C=O) groups is 8. The van der Waals surface area contributed by atoms with Crippen LogP contribution in [0.4, 0.5) is 0 Å². The van der Waals surface area contributed by atoms with Crippen LogP contribution < -0.4 is 0 Å². The maximum Gasteiger partial charge on any atom is 0.331 e. The van der Waals surface area contributed by atoms with Gasteiger partial charge in [-0.2, -0.15) is 0 Å². The second-order valence-electron chi connectivity index (χ2n) is 16.0. The third-order valence-electron chi connectivity index (χ3n) is 9.46. The van der Waals surface area contributed by atoms with Crippen molar-refractivity contribution < 1.29 is 76.3 Å². The molecule has 0 fully saturated rings. The summed E-state index contributed by atoms with van der Waals surface area (Å²) in [6, 6.07) is 0. The first kappa shape index (κ1) is 56.2. The number of hydrogen-bond acceptors (Lipinski definition) is 16. The third kappa shape index (κ3) is 26.6. The van der Waals surface area contributed by atoms with Crippen LogP contribution in [0.1, 0.15) is 115 Å². The monoisotopic (exact) mass is 900 g/mol. The number of cyclic esters (lactones) is 1. The van der Waals surface area contributed by atoms with Crippen LogP contribution in [0.3, 0.4) is 0 Å².